The van der Waals surface area contributed by atoms with Crippen LogP contribution in [0.4, 0.5) is 0 Å². The summed E-state index contributed by atoms with van der Waals surface area (Å²) < 4.78 is 0. The molecule has 2 N–H and O–H groups in total. The maximum Gasteiger partial charge on any atom is 0.162 e. The third-order valence-corrected chi connectivity index (χ3v) is 2.72. The molecule has 0 bridgehead atoms. The van der Waals surface area contributed by atoms with Crippen molar-refractivity contribution in [3.05, 3.63) is 35.4 Å². The lowest BCUT2D eigenvalue weighted by Gasteiger charge is -2.02. The zero-order valence-corrected chi connectivity index (χ0v) is 10.0. The standard InChI is InChI=1S/C14H21NO/c1-2-3-4-5-14(16)13-8-6-12(7-9-13)10-11-15/h6-9H,2-5,10-11,15H2,1H3. The van der Waals surface area contributed by atoms with E-state index in [0.29, 0.717) is 13.0 Å². The summed E-state index contributed by atoms with van der Waals surface area (Å²) >= 11 is 0. The lowest BCUT2D eigenvalue weighted by atomic mass is 10.0. The van der Waals surface area contributed by atoms with Crippen LogP contribution in [-0.2, 0) is 6.42 Å². The van der Waals surface area contributed by atoms with Gasteiger partial charge in [0.2, 0.25) is 0 Å². The average molecular weight is 219 g/mol. The van der Waals surface area contributed by atoms with Crippen molar-refractivity contribution in [2.24, 2.45) is 5.73 Å². The van der Waals surface area contributed by atoms with Crippen LogP contribution in [0, 0.1) is 0 Å². The van der Waals surface area contributed by atoms with Gasteiger partial charge in [-0.05, 0) is 24.9 Å². The van der Waals surface area contributed by atoms with Crippen molar-refractivity contribution >= 4 is 5.78 Å². The molecule has 0 spiro atoms. The predicted octanol–water partition coefficient (Wildman–Crippen LogP) is 2.95. The highest BCUT2D eigenvalue weighted by atomic mass is 16.1. The number of carbonyl (C=O) groups is 1. The number of ketones is 1. The highest BCUT2D eigenvalue weighted by Gasteiger charge is 2.04. The van der Waals surface area contributed by atoms with Crippen molar-refractivity contribution in [1.29, 1.82) is 0 Å². The Bertz CT molecular complexity index is 316. The Kier molecular flexibility index (Phi) is 5.79. The Morgan fingerprint density at radius 3 is 2.44 bits per heavy atom. The molecule has 1 aromatic rings. The van der Waals surface area contributed by atoms with E-state index in [2.05, 4.69) is 6.92 Å². The number of carbonyl (C=O) groups excluding carboxylic acids is 1. The second-order valence-corrected chi connectivity index (χ2v) is 4.12. The first-order chi connectivity index (χ1) is 7.77. The number of benzene rings is 1. The summed E-state index contributed by atoms with van der Waals surface area (Å²) in [5.41, 5.74) is 7.50. The molecule has 88 valence electrons. The van der Waals surface area contributed by atoms with Crippen LogP contribution in [0.25, 0.3) is 0 Å². The van der Waals surface area contributed by atoms with Crippen LogP contribution in [0.1, 0.15) is 48.5 Å². The summed E-state index contributed by atoms with van der Waals surface area (Å²) in [4.78, 5) is 11.8. The van der Waals surface area contributed by atoms with E-state index in [9.17, 15) is 4.79 Å². The smallest absolute Gasteiger partial charge is 0.162 e. The van der Waals surface area contributed by atoms with Gasteiger partial charge < -0.3 is 5.73 Å². The number of nitrogens with two attached hydrogens (primary N) is 1. The molecule has 0 aliphatic heterocycles. The zero-order valence-electron chi connectivity index (χ0n) is 10.0. The number of rotatable bonds is 7. The van der Waals surface area contributed by atoms with Gasteiger partial charge in [0.15, 0.2) is 5.78 Å². The van der Waals surface area contributed by atoms with Gasteiger partial charge in [-0.1, -0.05) is 44.0 Å². The maximum absolute atomic E-state index is 11.8. The van der Waals surface area contributed by atoms with Gasteiger partial charge >= 0.3 is 0 Å². The first-order valence-corrected chi connectivity index (χ1v) is 6.10. The summed E-state index contributed by atoms with van der Waals surface area (Å²) in [6.07, 6.45) is 4.84. The molecule has 1 rings (SSSR count). The number of hydrogen-bond donors (Lipinski definition) is 1. The summed E-state index contributed by atoms with van der Waals surface area (Å²) in [5, 5.41) is 0. The molecule has 0 heterocycles. The summed E-state index contributed by atoms with van der Waals surface area (Å²) in [7, 11) is 0. The summed E-state index contributed by atoms with van der Waals surface area (Å²) in [6.45, 7) is 2.80. The third kappa shape index (κ3) is 4.15. The first-order valence-electron chi connectivity index (χ1n) is 6.10. The molecule has 0 unspecified atom stereocenters. The Morgan fingerprint density at radius 2 is 1.88 bits per heavy atom. The van der Waals surface area contributed by atoms with Gasteiger partial charge in [-0.25, -0.2) is 0 Å². The lowest BCUT2D eigenvalue weighted by molar-refractivity contribution is 0.0979. The second-order valence-electron chi connectivity index (χ2n) is 4.12. The van der Waals surface area contributed by atoms with Gasteiger partial charge in [0.25, 0.3) is 0 Å². The van der Waals surface area contributed by atoms with Gasteiger partial charge in [0.1, 0.15) is 0 Å². The van der Waals surface area contributed by atoms with Crippen LogP contribution in [0.2, 0.25) is 0 Å². The molecule has 0 atom stereocenters. The third-order valence-electron chi connectivity index (χ3n) is 2.72. The van der Waals surface area contributed by atoms with Crippen LogP contribution in [0.3, 0.4) is 0 Å². The van der Waals surface area contributed by atoms with Crippen LogP contribution < -0.4 is 5.73 Å². The van der Waals surface area contributed by atoms with Crippen molar-refractivity contribution in [2.45, 2.75) is 39.0 Å². The Hall–Kier alpha value is -1.15. The van der Waals surface area contributed by atoms with Crippen LogP contribution in [0.5, 0.6) is 0 Å². The SMILES string of the molecule is CCCCCC(=O)c1ccc(CCN)cc1. The van der Waals surface area contributed by atoms with Gasteiger partial charge in [0, 0.05) is 12.0 Å². The van der Waals surface area contributed by atoms with E-state index in [-0.39, 0.29) is 5.78 Å². The van der Waals surface area contributed by atoms with Crippen molar-refractivity contribution in [2.75, 3.05) is 6.54 Å². The minimum Gasteiger partial charge on any atom is -0.330 e. The summed E-state index contributed by atoms with van der Waals surface area (Å²) in [5.74, 6) is 0.257. The molecule has 0 amide bonds. The van der Waals surface area contributed by atoms with Crippen molar-refractivity contribution in [1.82, 2.24) is 0 Å². The van der Waals surface area contributed by atoms with E-state index in [0.717, 1.165) is 31.2 Å². The fourth-order valence-corrected chi connectivity index (χ4v) is 1.70. The van der Waals surface area contributed by atoms with E-state index >= 15 is 0 Å². The molecule has 2 heteroatoms. The highest BCUT2D eigenvalue weighted by Crippen LogP contribution is 2.10. The molecule has 0 saturated heterocycles. The number of unbranched alkanes of at least 4 members (excludes halogenated alkanes) is 2. The van der Waals surface area contributed by atoms with E-state index < -0.39 is 0 Å². The fourth-order valence-electron chi connectivity index (χ4n) is 1.70. The molecular weight excluding hydrogens is 198 g/mol. The molecule has 0 aliphatic rings. The molecule has 16 heavy (non-hydrogen) atoms. The number of Topliss-reactive ketones (excluding diaryl/α,β-unsaturated/α-hetero) is 1. The Balaban J connectivity index is 2.49. The van der Waals surface area contributed by atoms with Crippen LogP contribution in [0.15, 0.2) is 24.3 Å². The predicted molar refractivity (Wildman–Crippen MR) is 67.7 cm³/mol. The number of hydrogen-bond acceptors (Lipinski definition) is 2. The molecule has 2 nitrogen and oxygen atoms in total. The van der Waals surface area contributed by atoms with Gasteiger partial charge in [0.05, 0.1) is 0 Å². The van der Waals surface area contributed by atoms with Crippen molar-refractivity contribution < 1.29 is 4.79 Å². The fraction of sp³-hybridized carbons (Fsp3) is 0.500. The molecule has 0 aliphatic carbocycles. The highest BCUT2D eigenvalue weighted by molar-refractivity contribution is 5.96. The molecule has 0 fully saturated rings. The normalized spacial score (nSPS) is 10.4. The van der Waals surface area contributed by atoms with Gasteiger partial charge in [-0.15, -0.1) is 0 Å². The molecule has 0 aromatic heterocycles. The zero-order chi connectivity index (χ0) is 11.8. The summed E-state index contributed by atoms with van der Waals surface area (Å²) in [6, 6.07) is 7.83. The quantitative estimate of drug-likeness (QED) is 0.566. The largest absolute Gasteiger partial charge is 0.330 e. The maximum atomic E-state index is 11.8. The molecule has 0 saturated carbocycles. The van der Waals surface area contributed by atoms with Gasteiger partial charge in [-0.3, -0.25) is 4.79 Å². The average Bonchev–Trinajstić information content (AvgIpc) is 2.30. The van der Waals surface area contributed by atoms with Gasteiger partial charge in [-0.2, -0.15) is 0 Å². The molecule has 0 radical (unpaired) electrons. The minimum absolute atomic E-state index is 0.257. The Labute approximate surface area is 97.9 Å². The van der Waals surface area contributed by atoms with Crippen LogP contribution >= 0.6 is 0 Å². The minimum atomic E-state index is 0.257. The second kappa shape index (κ2) is 7.18. The monoisotopic (exact) mass is 219 g/mol. The molecular formula is C14H21NO. The van der Waals surface area contributed by atoms with Crippen LogP contribution in [-0.4, -0.2) is 12.3 Å². The van der Waals surface area contributed by atoms with E-state index in [1.165, 1.54) is 5.56 Å². The van der Waals surface area contributed by atoms with Crippen molar-refractivity contribution in [3.63, 3.8) is 0 Å². The van der Waals surface area contributed by atoms with E-state index in [1.54, 1.807) is 0 Å². The Morgan fingerprint density at radius 1 is 1.19 bits per heavy atom. The lowest BCUT2D eigenvalue weighted by Crippen LogP contribution is -2.03. The van der Waals surface area contributed by atoms with Crippen molar-refractivity contribution in [3.8, 4) is 0 Å². The van der Waals surface area contributed by atoms with E-state index in [4.69, 9.17) is 5.73 Å². The molecule has 1 aromatic carbocycles. The first kappa shape index (κ1) is 12.9. The van der Waals surface area contributed by atoms with E-state index in [1.807, 2.05) is 24.3 Å². The topological polar surface area (TPSA) is 43.1 Å².